The molecule has 0 heterocycles. The Morgan fingerprint density at radius 1 is 1.17 bits per heavy atom. The van der Waals surface area contributed by atoms with Crippen molar-refractivity contribution >= 4 is 0 Å². The van der Waals surface area contributed by atoms with Gasteiger partial charge in [0, 0.05) is 12.1 Å². The van der Waals surface area contributed by atoms with Gasteiger partial charge < -0.3 is 10.1 Å². The van der Waals surface area contributed by atoms with E-state index in [2.05, 4.69) is 17.0 Å². The second-order valence-corrected chi connectivity index (χ2v) is 4.04. The predicted molar refractivity (Wildman–Crippen MR) is 64.4 cm³/mol. The second-order valence-electron chi connectivity index (χ2n) is 4.04. The van der Waals surface area contributed by atoms with E-state index in [0.29, 0.717) is 12.1 Å². The number of para-hydroxylation sites is 1. The van der Waals surface area contributed by atoms with Gasteiger partial charge >= 0.3 is 6.36 Å². The van der Waals surface area contributed by atoms with Crippen LogP contribution in [0.5, 0.6) is 5.75 Å². The summed E-state index contributed by atoms with van der Waals surface area (Å²) in [7, 11) is 0. The van der Waals surface area contributed by atoms with Gasteiger partial charge in [0.05, 0.1) is 0 Å². The quantitative estimate of drug-likeness (QED) is 0.752. The van der Waals surface area contributed by atoms with Crippen molar-refractivity contribution in [3.63, 3.8) is 0 Å². The zero-order chi connectivity index (χ0) is 13.4. The van der Waals surface area contributed by atoms with Crippen molar-refractivity contribution in [2.24, 2.45) is 0 Å². The molecule has 0 bridgehead atoms. The van der Waals surface area contributed by atoms with Crippen molar-refractivity contribution in [1.29, 1.82) is 0 Å². The molecule has 0 aliphatic rings. The van der Waals surface area contributed by atoms with Gasteiger partial charge in [-0.3, -0.25) is 0 Å². The van der Waals surface area contributed by atoms with Gasteiger partial charge in [0.2, 0.25) is 0 Å². The molecule has 0 saturated carbocycles. The number of unbranched alkanes of at least 4 members (excludes halogenated alkanes) is 2. The molecular weight excluding hydrogens is 243 g/mol. The molecule has 0 saturated heterocycles. The monoisotopic (exact) mass is 261 g/mol. The van der Waals surface area contributed by atoms with Crippen LogP contribution in [0.4, 0.5) is 13.2 Å². The van der Waals surface area contributed by atoms with Crippen molar-refractivity contribution in [3.8, 4) is 5.75 Å². The molecule has 0 unspecified atom stereocenters. The summed E-state index contributed by atoms with van der Waals surface area (Å²) in [4.78, 5) is 0. The van der Waals surface area contributed by atoms with E-state index in [1.54, 1.807) is 12.1 Å². The van der Waals surface area contributed by atoms with Gasteiger partial charge in [0.15, 0.2) is 0 Å². The van der Waals surface area contributed by atoms with Gasteiger partial charge in [0.25, 0.3) is 0 Å². The molecular formula is C13H18F3NO. The van der Waals surface area contributed by atoms with E-state index < -0.39 is 6.36 Å². The topological polar surface area (TPSA) is 21.3 Å². The number of nitrogens with one attached hydrogen (secondary N) is 1. The van der Waals surface area contributed by atoms with Gasteiger partial charge in [0.1, 0.15) is 5.75 Å². The number of ether oxygens (including phenoxy) is 1. The highest BCUT2D eigenvalue weighted by atomic mass is 19.4. The van der Waals surface area contributed by atoms with Crippen LogP contribution in [0.2, 0.25) is 0 Å². The summed E-state index contributed by atoms with van der Waals surface area (Å²) in [6, 6.07) is 6.19. The molecule has 1 aromatic carbocycles. The highest BCUT2D eigenvalue weighted by molar-refractivity contribution is 5.33. The lowest BCUT2D eigenvalue weighted by Gasteiger charge is -2.13. The molecule has 18 heavy (non-hydrogen) atoms. The lowest BCUT2D eigenvalue weighted by molar-refractivity contribution is -0.274. The summed E-state index contributed by atoms with van der Waals surface area (Å²) in [5.41, 5.74) is 0.520. The third kappa shape index (κ3) is 5.91. The highest BCUT2D eigenvalue weighted by Crippen LogP contribution is 2.25. The lowest BCUT2D eigenvalue weighted by atomic mass is 10.2. The minimum Gasteiger partial charge on any atom is -0.405 e. The molecule has 0 aliphatic carbocycles. The van der Waals surface area contributed by atoms with Crippen LogP contribution in [0.1, 0.15) is 31.7 Å². The Balaban J connectivity index is 2.49. The summed E-state index contributed by atoms with van der Waals surface area (Å²) in [6.45, 7) is 3.29. The minimum absolute atomic E-state index is 0.131. The van der Waals surface area contributed by atoms with Crippen molar-refractivity contribution in [2.75, 3.05) is 6.54 Å². The average molecular weight is 261 g/mol. The van der Waals surface area contributed by atoms with Gasteiger partial charge in [-0.2, -0.15) is 0 Å². The van der Waals surface area contributed by atoms with Crippen molar-refractivity contribution in [3.05, 3.63) is 29.8 Å². The summed E-state index contributed by atoms with van der Waals surface area (Å²) in [5, 5.41) is 3.12. The number of hydrogen-bond acceptors (Lipinski definition) is 2. The van der Waals surface area contributed by atoms with E-state index in [1.165, 1.54) is 12.1 Å². The minimum atomic E-state index is -4.64. The Labute approximate surface area is 105 Å². The standard InChI is InChI=1S/C13H18F3NO/c1-2-3-6-9-17-10-11-7-4-5-8-12(11)18-13(14,15)16/h4-5,7-8,17H,2-3,6,9-10H2,1H3. The van der Waals surface area contributed by atoms with Crippen LogP contribution in [-0.2, 0) is 6.54 Å². The molecule has 0 amide bonds. The zero-order valence-electron chi connectivity index (χ0n) is 10.4. The molecule has 0 spiro atoms. The van der Waals surface area contributed by atoms with E-state index in [0.717, 1.165) is 25.8 Å². The number of rotatable bonds is 7. The molecule has 2 nitrogen and oxygen atoms in total. The Kier molecular flexibility index (Phi) is 5.98. The van der Waals surface area contributed by atoms with Crippen LogP contribution < -0.4 is 10.1 Å². The van der Waals surface area contributed by atoms with Crippen LogP contribution >= 0.6 is 0 Å². The van der Waals surface area contributed by atoms with Crippen LogP contribution in [0.3, 0.4) is 0 Å². The molecule has 0 atom stereocenters. The van der Waals surface area contributed by atoms with E-state index in [-0.39, 0.29) is 5.75 Å². The molecule has 5 heteroatoms. The third-order valence-electron chi connectivity index (χ3n) is 2.47. The van der Waals surface area contributed by atoms with Crippen molar-refractivity contribution < 1.29 is 17.9 Å². The SMILES string of the molecule is CCCCCNCc1ccccc1OC(F)(F)F. The molecule has 102 valence electrons. The zero-order valence-corrected chi connectivity index (χ0v) is 10.4. The third-order valence-corrected chi connectivity index (χ3v) is 2.47. The largest absolute Gasteiger partial charge is 0.573 e. The first-order valence-electron chi connectivity index (χ1n) is 6.07. The average Bonchev–Trinajstić information content (AvgIpc) is 2.29. The smallest absolute Gasteiger partial charge is 0.405 e. The summed E-state index contributed by atoms with van der Waals surface area (Å²) >= 11 is 0. The summed E-state index contributed by atoms with van der Waals surface area (Å²) < 4.78 is 40.5. The van der Waals surface area contributed by atoms with Gasteiger partial charge in [-0.15, -0.1) is 13.2 Å². The number of benzene rings is 1. The first-order chi connectivity index (χ1) is 8.53. The number of alkyl halides is 3. The fraction of sp³-hybridized carbons (Fsp3) is 0.538. The molecule has 0 radical (unpaired) electrons. The summed E-state index contributed by atoms with van der Waals surface area (Å²) in [5.74, 6) is -0.131. The fourth-order valence-corrected chi connectivity index (χ4v) is 1.60. The Bertz CT molecular complexity index is 352. The maximum absolute atomic E-state index is 12.2. The number of hydrogen-bond donors (Lipinski definition) is 1. The predicted octanol–water partition coefficient (Wildman–Crippen LogP) is 3.87. The van der Waals surface area contributed by atoms with Crippen molar-refractivity contribution in [1.82, 2.24) is 5.32 Å². The maximum Gasteiger partial charge on any atom is 0.573 e. The first-order valence-corrected chi connectivity index (χ1v) is 6.07. The van der Waals surface area contributed by atoms with E-state index in [4.69, 9.17) is 0 Å². The van der Waals surface area contributed by atoms with Crippen LogP contribution in [0.15, 0.2) is 24.3 Å². The van der Waals surface area contributed by atoms with Gasteiger partial charge in [-0.05, 0) is 19.0 Å². The molecule has 0 aliphatic heterocycles. The van der Waals surface area contributed by atoms with Gasteiger partial charge in [-0.1, -0.05) is 38.0 Å². The van der Waals surface area contributed by atoms with E-state index in [1.807, 2.05) is 0 Å². The van der Waals surface area contributed by atoms with E-state index >= 15 is 0 Å². The first kappa shape index (κ1) is 14.8. The second kappa shape index (κ2) is 7.26. The highest BCUT2D eigenvalue weighted by Gasteiger charge is 2.31. The molecule has 1 aromatic rings. The fourth-order valence-electron chi connectivity index (χ4n) is 1.60. The lowest BCUT2D eigenvalue weighted by Crippen LogP contribution is -2.20. The molecule has 1 N–H and O–H groups in total. The van der Waals surface area contributed by atoms with Crippen molar-refractivity contribution in [2.45, 2.75) is 39.1 Å². The van der Waals surface area contributed by atoms with Crippen LogP contribution in [0.25, 0.3) is 0 Å². The Morgan fingerprint density at radius 3 is 2.56 bits per heavy atom. The molecule has 0 aromatic heterocycles. The van der Waals surface area contributed by atoms with Gasteiger partial charge in [-0.25, -0.2) is 0 Å². The maximum atomic E-state index is 12.2. The summed E-state index contributed by atoms with van der Waals surface area (Å²) in [6.07, 6.45) is -1.37. The Morgan fingerprint density at radius 2 is 1.89 bits per heavy atom. The molecule has 1 rings (SSSR count). The normalized spacial score (nSPS) is 11.6. The molecule has 0 fully saturated rings. The Hall–Kier alpha value is -1.23. The van der Waals surface area contributed by atoms with Crippen LogP contribution in [0, 0.1) is 0 Å². The van der Waals surface area contributed by atoms with E-state index in [9.17, 15) is 13.2 Å². The van der Waals surface area contributed by atoms with Crippen LogP contribution in [-0.4, -0.2) is 12.9 Å². The number of halogens is 3.